The lowest BCUT2D eigenvalue weighted by Gasteiger charge is -2.26. The summed E-state index contributed by atoms with van der Waals surface area (Å²) in [7, 11) is 0. The average Bonchev–Trinajstić information content (AvgIpc) is 3.18. The molecule has 0 spiro atoms. The Balaban J connectivity index is 1.11. The zero-order valence-corrected chi connectivity index (χ0v) is 26.7. The highest BCUT2D eigenvalue weighted by atomic mass is 15.1. The van der Waals surface area contributed by atoms with Crippen molar-refractivity contribution < 1.29 is 0 Å². The van der Waals surface area contributed by atoms with Crippen molar-refractivity contribution in [3.8, 4) is 33.6 Å². The Labute approximate surface area is 285 Å². The van der Waals surface area contributed by atoms with Gasteiger partial charge in [0.05, 0.1) is 22.4 Å². The van der Waals surface area contributed by atoms with Gasteiger partial charge < -0.3 is 4.90 Å². The minimum Gasteiger partial charge on any atom is -0.310 e. The van der Waals surface area contributed by atoms with Crippen molar-refractivity contribution >= 4 is 49.6 Å². The largest absolute Gasteiger partial charge is 0.310 e. The highest BCUT2D eigenvalue weighted by Crippen LogP contribution is 2.38. The maximum absolute atomic E-state index is 5.29. The van der Waals surface area contributed by atoms with Crippen molar-refractivity contribution in [2.75, 3.05) is 4.90 Å². The summed E-state index contributed by atoms with van der Waals surface area (Å²) >= 11 is 0. The number of para-hydroxylation sites is 1. The standard InChI is InChI=1S/C46H31N3/c1-4-13-34(14-5-1)44-45(35-15-6-2-7-16-35)48-46-42-28-23-37(30-38(42)24-29-43(46)47-44)33-20-25-40(26-21-33)49(39-18-8-3-9-19-39)41-27-22-32-12-10-11-17-36(32)31-41/h1-31H. The Morgan fingerprint density at radius 3 is 1.59 bits per heavy atom. The molecule has 0 unspecified atom stereocenters. The molecule has 0 aliphatic rings. The van der Waals surface area contributed by atoms with Gasteiger partial charge in [0.2, 0.25) is 0 Å². The SMILES string of the molecule is c1ccc(-c2nc3ccc4cc(-c5ccc(N(c6ccccc6)c6ccc7ccccc7c6)cc5)ccc4c3nc2-c2ccccc2)cc1. The van der Waals surface area contributed by atoms with E-state index in [0.29, 0.717) is 0 Å². The number of anilines is 3. The molecule has 0 aliphatic heterocycles. The summed E-state index contributed by atoms with van der Waals surface area (Å²) in [5, 5.41) is 4.68. The van der Waals surface area contributed by atoms with Crippen LogP contribution in [0.5, 0.6) is 0 Å². The van der Waals surface area contributed by atoms with E-state index in [1.54, 1.807) is 0 Å². The Hall–Kier alpha value is -6.58. The number of hydrogen-bond donors (Lipinski definition) is 0. The van der Waals surface area contributed by atoms with Crippen molar-refractivity contribution in [2.45, 2.75) is 0 Å². The van der Waals surface area contributed by atoms with Crippen LogP contribution < -0.4 is 4.90 Å². The monoisotopic (exact) mass is 625 g/mol. The molecule has 230 valence electrons. The van der Waals surface area contributed by atoms with Crippen LogP contribution in [-0.4, -0.2) is 9.97 Å². The van der Waals surface area contributed by atoms with Crippen molar-refractivity contribution in [3.05, 3.63) is 188 Å². The van der Waals surface area contributed by atoms with E-state index in [1.807, 2.05) is 24.3 Å². The van der Waals surface area contributed by atoms with Crippen molar-refractivity contribution in [1.82, 2.24) is 9.97 Å². The third-order valence-electron chi connectivity index (χ3n) is 9.21. The molecule has 0 N–H and O–H groups in total. The zero-order valence-electron chi connectivity index (χ0n) is 26.7. The molecule has 3 heteroatoms. The lowest BCUT2D eigenvalue weighted by atomic mass is 9.99. The van der Waals surface area contributed by atoms with E-state index < -0.39 is 0 Å². The molecule has 1 aromatic heterocycles. The molecular weight excluding hydrogens is 595 g/mol. The average molecular weight is 626 g/mol. The molecule has 0 saturated carbocycles. The first kappa shape index (κ1) is 28.6. The molecule has 0 bridgehead atoms. The fourth-order valence-electron chi connectivity index (χ4n) is 6.76. The van der Waals surface area contributed by atoms with E-state index in [2.05, 4.69) is 169 Å². The summed E-state index contributed by atoms with van der Waals surface area (Å²) < 4.78 is 0. The van der Waals surface area contributed by atoms with Crippen LogP contribution in [0.1, 0.15) is 0 Å². The highest BCUT2D eigenvalue weighted by Gasteiger charge is 2.16. The molecular formula is C46H31N3. The molecule has 49 heavy (non-hydrogen) atoms. The van der Waals surface area contributed by atoms with E-state index in [0.717, 1.165) is 72.5 Å². The maximum atomic E-state index is 5.29. The summed E-state index contributed by atoms with van der Waals surface area (Å²) in [4.78, 5) is 12.8. The van der Waals surface area contributed by atoms with Gasteiger partial charge in [-0.1, -0.05) is 140 Å². The fourth-order valence-corrected chi connectivity index (χ4v) is 6.76. The van der Waals surface area contributed by atoms with E-state index in [1.165, 1.54) is 10.8 Å². The molecule has 0 radical (unpaired) electrons. The number of hydrogen-bond acceptors (Lipinski definition) is 3. The van der Waals surface area contributed by atoms with E-state index >= 15 is 0 Å². The number of rotatable bonds is 6. The number of aromatic nitrogens is 2. The second-order valence-corrected chi connectivity index (χ2v) is 12.3. The van der Waals surface area contributed by atoms with E-state index in [9.17, 15) is 0 Å². The Morgan fingerprint density at radius 1 is 0.327 bits per heavy atom. The second kappa shape index (κ2) is 12.2. The van der Waals surface area contributed by atoms with Crippen LogP contribution in [0.25, 0.3) is 66.2 Å². The summed E-state index contributed by atoms with van der Waals surface area (Å²) in [6, 6.07) is 66.2. The molecule has 0 fully saturated rings. The van der Waals surface area contributed by atoms with Gasteiger partial charge in [0, 0.05) is 33.6 Å². The first-order chi connectivity index (χ1) is 24.3. The van der Waals surface area contributed by atoms with E-state index in [4.69, 9.17) is 9.97 Å². The quantitative estimate of drug-likeness (QED) is 0.172. The van der Waals surface area contributed by atoms with Crippen LogP contribution >= 0.6 is 0 Å². The predicted molar refractivity (Wildman–Crippen MR) is 206 cm³/mol. The number of fused-ring (bicyclic) bond motifs is 4. The van der Waals surface area contributed by atoms with Crippen molar-refractivity contribution in [1.29, 1.82) is 0 Å². The predicted octanol–water partition coefficient (Wildman–Crippen LogP) is 12.4. The van der Waals surface area contributed by atoms with E-state index in [-0.39, 0.29) is 0 Å². The van der Waals surface area contributed by atoms with Gasteiger partial charge in [-0.2, -0.15) is 0 Å². The smallest absolute Gasteiger partial charge is 0.0973 e. The molecule has 0 saturated heterocycles. The molecule has 0 aliphatic carbocycles. The summed E-state index contributed by atoms with van der Waals surface area (Å²) in [6.45, 7) is 0. The zero-order chi connectivity index (χ0) is 32.6. The van der Waals surface area contributed by atoms with Crippen LogP contribution in [0.2, 0.25) is 0 Å². The van der Waals surface area contributed by atoms with Gasteiger partial charge in [0.25, 0.3) is 0 Å². The van der Waals surface area contributed by atoms with Gasteiger partial charge in [0.15, 0.2) is 0 Å². The van der Waals surface area contributed by atoms with Gasteiger partial charge in [0.1, 0.15) is 0 Å². The van der Waals surface area contributed by atoms with Gasteiger partial charge >= 0.3 is 0 Å². The van der Waals surface area contributed by atoms with Crippen molar-refractivity contribution in [3.63, 3.8) is 0 Å². The molecule has 9 rings (SSSR count). The van der Waals surface area contributed by atoms with Gasteiger partial charge in [-0.15, -0.1) is 0 Å². The van der Waals surface area contributed by atoms with Gasteiger partial charge in [-0.25, -0.2) is 9.97 Å². The molecule has 9 aromatic rings. The van der Waals surface area contributed by atoms with Crippen LogP contribution in [-0.2, 0) is 0 Å². The third-order valence-corrected chi connectivity index (χ3v) is 9.21. The summed E-state index contributed by atoms with van der Waals surface area (Å²) in [6.07, 6.45) is 0. The fraction of sp³-hybridized carbons (Fsp3) is 0. The summed E-state index contributed by atoms with van der Waals surface area (Å²) in [5.41, 5.74) is 11.4. The van der Waals surface area contributed by atoms with Crippen molar-refractivity contribution in [2.24, 2.45) is 0 Å². The molecule has 1 heterocycles. The first-order valence-corrected chi connectivity index (χ1v) is 16.6. The normalized spacial score (nSPS) is 11.3. The Bertz CT molecular complexity index is 2580. The first-order valence-electron chi connectivity index (χ1n) is 16.6. The van der Waals surface area contributed by atoms with Crippen LogP contribution in [0.15, 0.2) is 188 Å². The highest BCUT2D eigenvalue weighted by molar-refractivity contribution is 6.06. The second-order valence-electron chi connectivity index (χ2n) is 12.3. The molecule has 8 aromatic carbocycles. The van der Waals surface area contributed by atoms with Crippen LogP contribution in [0, 0.1) is 0 Å². The van der Waals surface area contributed by atoms with Crippen LogP contribution in [0.3, 0.4) is 0 Å². The third kappa shape index (κ3) is 5.38. The Morgan fingerprint density at radius 2 is 0.878 bits per heavy atom. The molecule has 0 amide bonds. The number of benzene rings is 8. The van der Waals surface area contributed by atoms with Crippen LogP contribution in [0.4, 0.5) is 17.1 Å². The minimum absolute atomic E-state index is 0.887. The maximum Gasteiger partial charge on any atom is 0.0973 e. The molecule has 3 nitrogen and oxygen atoms in total. The Kier molecular flexibility index (Phi) is 7.14. The van der Waals surface area contributed by atoms with Gasteiger partial charge in [-0.3, -0.25) is 0 Å². The lowest BCUT2D eigenvalue weighted by molar-refractivity contribution is 1.29. The van der Waals surface area contributed by atoms with Gasteiger partial charge in [-0.05, 0) is 75.8 Å². The lowest BCUT2D eigenvalue weighted by Crippen LogP contribution is -2.09. The summed E-state index contributed by atoms with van der Waals surface area (Å²) in [5.74, 6) is 0. The topological polar surface area (TPSA) is 29.0 Å². The number of nitrogens with zero attached hydrogens (tertiary/aromatic N) is 3. The minimum atomic E-state index is 0.887. The molecule has 0 atom stereocenters.